The van der Waals surface area contributed by atoms with Crippen molar-refractivity contribution in [3.05, 3.63) is 65.0 Å². The Bertz CT molecular complexity index is 938. The maximum absolute atomic E-state index is 10.6. The summed E-state index contributed by atoms with van der Waals surface area (Å²) in [4.78, 5) is 7.29. The van der Waals surface area contributed by atoms with E-state index in [1.807, 2.05) is 56.6 Å². The first-order valence-corrected chi connectivity index (χ1v) is 10.8. The summed E-state index contributed by atoms with van der Waals surface area (Å²) < 4.78 is 6.98. The van der Waals surface area contributed by atoms with E-state index in [2.05, 4.69) is 32.7 Å². The lowest BCUT2D eigenvalue weighted by Gasteiger charge is -2.15. The Morgan fingerprint density at radius 2 is 1.97 bits per heavy atom. The van der Waals surface area contributed by atoms with Crippen LogP contribution in [0.1, 0.15) is 16.5 Å². The van der Waals surface area contributed by atoms with Crippen molar-refractivity contribution in [3.8, 4) is 5.75 Å². The Labute approximate surface area is 182 Å². The van der Waals surface area contributed by atoms with E-state index < -0.39 is 6.10 Å². The van der Waals surface area contributed by atoms with Gasteiger partial charge in [-0.15, -0.1) is 11.3 Å². The van der Waals surface area contributed by atoms with Gasteiger partial charge in [-0.2, -0.15) is 0 Å². The van der Waals surface area contributed by atoms with Crippen molar-refractivity contribution in [2.24, 2.45) is 4.99 Å². The second-order valence-corrected chi connectivity index (χ2v) is 8.42. The number of fused-ring (bicyclic) bond motifs is 1. The van der Waals surface area contributed by atoms with Crippen LogP contribution in [0.5, 0.6) is 5.75 Å². The summed E-state index contributed by atoms with van der Waals surface area (Å²) in [7, 11) is 5.78. The first kappa shape index (κ1) is 22.1. The van der Waals surface area contributed by atoms with Crippen LogP contribution in [-0.4, -0.2) is 56.8 Å². The highest BCUT2D eigenvalue weighted by Gasteiger charge is 2.12. The molecule has 0 amide bonds. The maximum atomic E-state index is 10.6. The third kappa shape index (κ3) is 6.45. The summed E-state index contributed by atoms with van der Waals surface area (Å²) in [6.45, 7) is 2.54. The number of thiophene rings is 1. The molecule has 0 aliphatic heterocycles. The van der Waals surface area contributed by atoms with Gasteiger partial charge in [0.25, 0.3) is 0 Å². The molecule has 6 nitrogen and oxygen atoms in total. The Morgan fingerprint density at radius 3 is 2.73 bits per heavy atom. The number of ether oxygens (including phenoxy) is 1. The number of aliphatic hydroxyl groups excluding tert-OH is 1. The number of aliphatic hydroxyl groups is 1. The van der Waals surface area contributed by atoms with Crippen molar-refractivity contribution < 1.29 is 9.84 Å². The van der Waals surface area contributed by atoms with Gasteiger partial charge in [0.15, 0.2) is 5.96 Å². The molecule has 0 saturated heterocycles. The molecule has 0 aliphatic carbocycles. The zero-order valence-electron chi connectivity index (χ0n) is 17.8. The fourth-order valence-corrected chi connectivity index (χ4v) is 4.01. The SMILES string of the molecule is CN=C(NCc1cccc(OCCN(C)C)c1)NCC(O)c1cc2ccccc2s1. The van der Waals surface area contributed by atoms with Crippen LogP contribution in [0, 0.1) is 0 Å². The molecule has 160 valence electrons. The monoisotopic (exact) mass is 426 g/mol. The standard InChI is InChI=1S/C23H30N4O2S/c1-24-23(25-15-17-7-6-9-19(13-17)29-12-11-27(2)3)26-16-20(28)22-14-18-8-4-5-10-21(18)30-22/h4-10,13-14,20,28H,11-12,15-16H2,1-3H3,(H2,24,25,26). The molecule has 0 radical (unpaired) electrons. The number of guanidine groups is 1. The zero-order chi connectivity index (χ0) is 21.3. The van der Waals surface area contributed by atoms with Gasteiger partial charge >= 0.3 is 0 Å². The maximum Gasteiger partial charge on any atom is 0.191 e. The van der Waals surface area contributed by atoms with Gasteiger partial charge in [0.05, 0.1) is 0 Å². The first-order chi connectivity index (χ1) is 14.5. The Kier molecular flexibility index (Phi) is 8.07. The van der Waals surface area contributed by atoms with E-state index in [4.69, 9.17) is 4.74 Å². The molecule has 3 N–H and O–H groups in total. The third-order valence-corrected chi connectivity index (χ3v) is 5.84. The molecule has 30 heavy (non-hydrogen) atoms. The van der Waals surface area contributed by atoms with Crippen molar-refractivity contribution in [1.82, 2.24) is 15.5 Å². The lowest BCUT2D eigenvalue weighted by atomic mass is 10.2. The smallest absolute Gasteiger partial charge is 0.191 e. The number of hydrogen-bond acceptors (Lipinski definition) is 5. The molecule has 1 heterocycles. The van der Waals surface area contributed by atoms with E-state index in [9.17, 15) is 5.11 Å². The molecule has 3 rings (SSSR count). The highest BCUT2D eigenvalue weighted by Crippen LogP contribution is 2.29. The predicted molar refractivity (Wildman–Crippen MR) is 125 cm³/mol. The van der Waals surface area contributed by atoms with Crippen molar-refractivity contribution >= 4 is 27.4 Å². The molecule has 1 aromatic heterocycles. The summed E-state index contributed by atoms with van der Waals surface area (Å²) in [6.07, 6.45) is -0.589. The van der Waals surface area contributed by atoms with Gasteiger partial charge in [-0.3, -0.25) is 4.99 Å². The average molecular weight is 427 g/mol. The molecule has 1 unspecified atom stereocenters. The number of nitrogens with zero attached hydrogens (tertiary/aromatic N) is 2. The number of nitrogens with one attached hydrogen (secondary N) is 2. The number of aliphatic imine (C=N–C) groups is 1. The van der Waals surface area contributed by atoms with Crippen LogP contribution in [0.15, 0.2) is 59.6 Å². The number of likely N-dealkylation sites (N-methyl/N-ethyl adjacent to an activating group) is 1. The van der Waals surface area contributed by atoms with Gasteiger partial charge < -0.3 is 25.4 Å². The molecule has 0 bridgehead atoms. The summed E-state index contributed by atoms with van der Waals surface area (Å²) in [5, 5.41) is 18.2. The molecule has 3 aromatic rings. The van der Waals surface area contributed by atoms with Crippen LogP contribution >= 0.6 is 11.3 Å². The number of benzene rings is 2. The van der Waals surface area contributed by atoms with Gasteiger partial charge in [0.1, 0.15) is 18.5 Å². The number of rotatable bonds is 9. The molecule has 0 saturated carbocycles. The summed E-state index contributed by atoms with van der Waals surface area (Å²) in [5.41, 5.74) is 1.10. The van der Waals surface area contributed by atoms with Gasteiger partial charge in [-0.1, -0.05) is 30.3 Å². The Morgan fingerprint density at radius 1 is 1.13 bits per heavy atom. The highest BCUT2D eigenvalue weighted by molar-refractivity contribution is 7.19. The van der Waals surface area contributed by atoms with Crippen LogP contribution in [-0.2, 0) is 6.54 Å². The van der Waals surface area contributed by atoms with E-state index in [0.717, 1.165) is 28.1 Å². The summed E-state index contributed by atoms with van der Waals surface area (Å²) >= 11 is 1.62. The molecular weight excluding hydrogens is 396 g/mol. The predicted octanol–water partition coefficient (Wildman–Crippen LogP) is 3.24. The molecule has 1 atom stereocenters. The highest BCUT2D eigenvalue weighted by atomic mass is 32.1. The van der Waals surface area contributed by atoms with Crippen molar-refractivity contribution in [2.45, 2.75) is 12.6 Å². The normalized spacial score (nSPS) is 12.9. The minimum absolute atomic E-state index is 0.389. The lowest BCUT2D eigenvalue weighted by molar-refractivity contribution is 0.184. The van der Waals surface area contributed by atoms with Crippen LogP contribution in [0.25, 0.3) is 10.1 Å². The van der Waals surface area contributed by atoms with Crippen molar-refractivity contribution in [2.75, 3.05) is 40.8 Å². The third-order valence-electron chi connectivity index (χ3n) is 4.63. The van der Waals surface area contributed by atoms with Gasteiger partial charge in [-0.05, 0) is 49.3 Å². The number of hydrogen-bond donors (Lipinski definition) is 3. The fraction of sp³-hybridized carbons (Fsp3) is 0.348. The van der Waals surface area contributed by atoms with E-state index >= 15 is 0 Å². The molecule has 2 aromatic carbocycles. The second kappa shape index (κ2) is 11.0. The van der Waals surface area contributed by atoms with Gasteiger partial charge in [-0.25, -0.2) is 0 Å². The largest absolute Gasteiger partial charge is 0.492 e. The van der Waals surface area contributed by atoms with Crippen LogP contribution in [0.4, 0.5) is 0 Å². The van der Waals surface area contributed by atoms with E-state index in [-0.39, 0.29) is 0 Å². The van der Waals surface area contributed by atoms with Crippen molar-refractivity contribution in [1.29, 1.82) is 0 Å². The second-order valence-electron chi connectivity index (χ2n) is 7.31. The van der Waals surface area contributed by atoms with E-state index in [1.54, 1.807) is 18.4 Å². The lowest BCUT2D eigenvalue weighted by Crippen LogP contribution is -2.38. The minimum Gasteiger partial charge on any atom is -0.492 e. The topological polar surface area (TPSA) is 69.1 Å². The molecule has 0 spiro atoms. The van der Waals surface area contributed by atoms with Gasteiger partial charge in [0.2, 0.25) is 0 Å². The quantitative estimate of drug-likeness (QED) is 0.362. The molecule has 0 aliphatic rings. The summed E-state index contributed by atoms with van der Waals surface area (Å²) in [6, 6.07) is 18.2. The van der Waals surface area contributed by atoms with Gasteiger partial charge in [0, 0.05) is 36.3 Å². The van der Waals surface area contributed by atoms with E-state index in [1.165, 1.54) is 4.70 Å². The fourth-order valence-electron chi connectivity index (χ4n) is 2.96. The zero-order valence-corrected chi connectivity index (χ0v) is 18.6. The van der Waals surface area contributed by atoms with Crippen LogP contribution < -0.4 is 15.4 Å². The molecule has 0 fully saturated rings. The van der Waals surface area contributed by atoms with Crippen LogP contribution in [0.3, 0.4) is 0 Å². The Balaban J connectivity index is 1.48. The minimum atomic E-state index is -0.589. The summed E-state index contributed by atoms with van der Waals surface area (Å²) in [5.74, 6) is 1.51. The van der Waals surface area contributed by atoms with E-state index in [0.29, 0.717) is 25.7 Å². The molecular formula is C23H30N4O2S. The molecule has 7 heteroatoms. The van der Waals surface area contributed by atoms with Crippen molar-refractivity contribution in [3.63, 3.8) is 0 Å². The first-order valence-electron chi connectivity index (χ1n) is 10.0. The average Bonchev–Trinajstić information content (AvgIpc) is 3.18. The van der Waals surface area contributed by atoms with Crippen LogP contribution in [0.2, 0.25) is 0 Å². The Hall–Kier alpha value is -2.61.